The lowest BCUT2D eigenvalue weighted by Crippen LogP contribution is -2.30. The van der Waals surface area contributed by atoms with Crippen molar-refractivity contribution in [1.82, 2.24) is 9.97 Å². The summed E-state index contributed by atoms with van der Waals surface area (Å²) in [6.07, 6.45) is 3.16. The summed E-state index contributed by atoms with van der Waals surface area (Å²) in [5.74, 6) is -0.00858. The van der Waals surface area contributed by atoms with Gasteiger partial charge in [-0.3, -0.25) is 14.5 Å². The molecule has 9 nitrogen and oxygen atoms in total. The highest BCUT2D eigenvalue weighted by molar-refractivity contribution is 7.10. The molecule has 2 N–H and O–H groups in total. The van der Waals surface area contributed by atoms with Crippen LogP contribution in [-0.4, -0.2) is 47.6 Å². The number of carbonyl (C=O) groups excluding carboxylic acids is 2. The number of aliphatic hydroxyl groups is 1. The Bertz CT molecular complexity index is 1480. The number of benzene rings is 2. The molecule has 2 aromatic heterocycles. The van der Waals surface area contributed by atoms with Crippen molar-refractivity contribution in [2.24, 2.45) is 0 Å². The van der Waals surface area contributed by atoms with Crippen LogP contribution in [-0.2, 0) is 9.59 Å². The molecule has 1 aliphatic rings. The van der Waals surface area contributed by atoms with Crippen molar-refractivity contribution < 1.29 is 28.9 Å². The molecule has 0 aliphatic carbocycles. The minimum Gasteiger partial charge on any atom is -0.507 e. The van der Waals surface area contributed by atoms with Crippen LogP contribution in [0, 0.1) is 0 Å². The van der Waals surface area contributed by atoms with Crippen LogP contribution in [0.1, 0.15) is 42.7 Å². The number of thiophene rings is 1. The van der Waals surface area contributed by atoms with E-state index in [0.29, 0.717) is 45.3 Å². The molecule has 4 aromatic rings. The zero-order valence-corrected chi connectivity index (χ0v) is 22.7. The number of fused-ring (bicyclic) bond motifs is 1. The summed E-state index contributed by atoms with van der Waals surface area (Å²) in [5.41, 5.74) is 1.54. The summed E-state index contributed by atoms with van der Waals surface area (Å²) in [6.45, 7) is 2.74. The molecule has 5 rings (SSSR count). The summed E-state index contributed by atoms with van der Waals surface area (Å²) in [6, 6.07) is 13.1. The number of amides is 1. The number of nitrogens with one attached hydrogen (secondary N) is 1. The van der Waals surface area contributed by atoms with Crippen molar-refractivity contribution in [3.05, 3.63) is 69.9 Å². The van der Waals surface area contributed by atoms with Gasteiger partial charge < -0.3 is 24.3 Å². The first-order valence-electron chi connectivity index (χ1n) is 12.7. The van der Waals surface area contributed by atoms with E-state index in [0.717, 1.165) is 19.3 Å². The molecule has 1 fully saturated rings. The fourth-order valence-electron chi connectivity index (χ4n) is 4.61. The lowest BCUT2D eigenvalue weighted by atomic mass is 10.00. The predicted octanol–water partition coefficient (Wildman–Crippen LogP) is 5.84. The van der Waals surface area contributed by atoms with Crippen molar-refractivity contribution in [3.63, 3.8) is 0 Å². The first kappa shape index (κ1) is 26.3. The second-order valence-corrected chi connectivity index (χ2v) is 10.0. The van der Waals surface area contributed by atoms with E-state index in [9.17, 15) is 14.7 Å². The maximum atomic E-state index is 13.4. The number of Topliss-reactive ketones (excluding diaryl/α,β-unsaturated/α-hetero) is 1. The number of carbonyl (C=O) groups is 2. The van der Waals surface area contributed by atoms with Gasteiger partial charge in [-0.2, -0.15) is 0 Å². The number of hydrogen-bond acceptors (Lipinski definition) is 8. The number of rotatable bonds is 10. The number of methoxy groups -OCH3 is 2. The number of aliphatic hydroxyl groups excluding tert-OH is 1. The fraction of sp³-hybridized carbons (Fsp3) is 0.276. The number of ether oxygens (including phenoxy) is 3. The third-order valence-corrected chi connectivity index (χ3v) is 7.53. The predicted molar refractivity (Wildman–Crippen MR) is 150 cm³/mol. The molecule has 1 saturated heterocycles. The molecule has 1 atom stereocenters. The van der Waals surface area contributed by atoms with Gasteiger partial charge in [-0.1, -0.05) is 25.8 Å². The Morgan fingerprint density at radius 1 is 1.08 bits per heavy atom. The number of anilines is 1. The smallest absolute Gasteiger partial charge is 0.302 e. The number of hydrogen-bond donors (Lipinski definition) is 2. The Balaban J connectivity index is 1.54. The van der Waals surface area contributed by atoms with E-state index < -0.39 is 17.7 Å². The van der Waals surface area contributed by atoms with Crippen LogP contribution in [0.25, 0.3) is 16.8 Å². The Kier molecular flexibility index (Phi) is 7.56. The van der Waals surface area contributed by atoms with Gasteiger partial charge in [0.1, 0.15) is 17.6 Å². The third-order valence-electron chi connectivity index (χ3n) is 6.60. The van der Waals surface area contributed by atoms with Gasteiger partial charge in [0.05, 0.1) is 37.4 Å². The lowest BCUT2D eigenvalue weighted by Gasteiger charge is -2.21. The van der Waals surface area contributed by atoms with Gasteiger partial charge in [-0.05, 0) is 42.1 Å². The molecule has 0 spiro atoms. The molecular formula is C29H29N3O6S. The fourth-order valence-corrected chi connectivity index (χ4v) is 5.43. The average Bonchev–Trinajstić information content (AvgIpc) is 3.68. The van der Waals surface area contributed by atoms with E-state index in [-0.39, 0.29) is 17.3 Å². The molecule has 0 saturated carbocycles. The number of unbranched alkanes of at least 4 members (excludes halogenated alkanes) is 2. The monoisotopic (exact) mass is 547 g/mol. The number of imidazole rings is 1. The molecule has 1 amide bonds. The highest BCUT2D eigenvalue weighted by Gasteiger charge is 2.48. The molecule has 1 unspecified atom stereocenters. The molecule has 0 radical (unpaired) electrons. The summed E-state index contributed by atoms with van der Waals surface area (Å²) in [4.78, 5) is 36.5. The first-order chi connectivity index (χ1) is 19.0. The molecule has 3 heterocycles. The molecule has 202 valence electrons. The molecule has 1 aliphatic heterocycles. The summed E-state index contributed by atoms with van der Waals surface area (Å²) < 4.78 is 16.5. The van der Waals surface area contributed by atoms with E-state index in [1.807, 2.05) is 17.5 Å². The Morgan fingerprint density at radius 2 is 1.82 bits per heavy atom. The molecule has 10 heteroatoms. The van der Waals surface area contributed by atoms with Crippen molar-refractivity contribution in [2.75, 3.05) is 25.7 Å². The Morgan fingerprint density at radius 3 is 2.49 bits per heavy atom. The molecular weight excluding hydrogens is 518 g/mol. The van der Waals surface area contributed by atoms with Gasteiger partial charge in [-0.25, -0.2) is 4.98 Å². The van der Waals surface area contributed by atoms with Crippen molar-refractivity contribution in [3.8, 4) is 17.2 Å². The summed E-state index contributed by atoms with van der Waals surface area (Å²) >= 11 is 1.38. The van der Waals surface area contributed by atoms with Crippen LogP contribution in [0.2, 0.25) is 0 Å². The van der Waals surface area contributed by atoms with Crippen LogP contribution >= 0.6 is 11.3 Å². The topological polar surface area (TPSA) is 114 Å². The van der Waals surface area contributed by atoms with Crippen molar-refractivity contribution in [2.45, 2.75) is 32.2 Å². The number of nitrogens with zero attached hydrogens (tertiary/aromatic N) is 2. The van der Waals surface area contributed by atoms with Gasteiger partial charge >= 0.3 is 5.91 Å². The molecule has 0 bridgehead atoms. The second-order valence-electron chi connectivity index (χ2n) is 9.05. The van der Waals surface area contributed by atoms with Crippen LogP contribution in [0.3, 0.4) is 0 Å². The van der Waals surface area contributed by atoms with E-state index in [1.54, 1.807) is 36.4 Å². The number of aromatic nitrogens is 2. The van der Waals surface area contributed by atoms with Crippen LogP contribution in [0.4, 0.5) is 5.95 Å². The number of ketones is 1. The minimum atomic E-state index is -0.862. The van der Waals surface area contributed by atoms with Gasteiger partial charge in [-0.15, -0.1) is 11.3 Å². The van der Waals surface area contributed by atoms with Crippen molar-refractivity contribution in [1.29, 1.82) is 0 Å². The standard InChI is InChI=1S/C29H29N3O6S/c1-4-5-6-13-38-18-11-9-17(10-12-18)26(33)24-25(23-8-7-14-39-23)32(28(35)27(24)34)29-30-19-15-21(36-2)22(37-3)16-20(19)31-29/h7-12,14-16,25,33H,4-6,13H2,1-3H3,(H,30,31)/b26-24+. The van der Waals surface area contributed by atoms with Crippen LogP contribution in [0.5, 0.6) is 17.2 Å². The summed E-state index contributed by atoms with van der Waals surface area (Å²) in [7, 11) is 3.05. The highest BCUT2D eigenvalue weighted by atomic mass is 32.1. The molecule has 39 heavy (non-hydrogen) atoms. The van der Waals surface area contributed by atoms with Gasteiger partial charge in [0.25, 0.3) is 5.78 Å². The number of H-pyrrole nitrogens is 1. The third kappa shape index (κ3) is 4.95. The molecule has 2 aromatic carbocycles. The SMILES string of the molecule is CCCCCOc1ccc(/C(O)=C2\C(=O)C(=O)N(c3nc4cc(OC)c(OC)cc4[nH]3)C2c2cccs2)cc1. The van der Waals surface area contributed by atoms with Crippen molar-refractivity contribution >= 4 is 45.8 Å². The quantitative estimate of drug-likeness (QED) is 0.111. The van der Waals surface area contributed by atoms with Gasteiger partial charge in [0, 0.05) is 22.6 Å². The van der Waals surface area contributed by atoms with E-state index in [2.05, 4.69) is 16.9 Å². The van der Waals surface area contributed by atoms with Crippen LogP contribution in [0.15, 0.2) is 59.5 Å². The second kappa shape index (κ2) is 11.2. The number of aromatic amines is 1. The largest absolute Gasteiger partial charge is 0.507 e. The Hall–Kier alpha value is -4.31. The van der Waals surface area contributed by atoms with E-state index in [1.165, 1.54) is 30.5 Å². The van der Waals surface area contributed by atoms with Gasteiger partial charge in [0.15, 0.2) is 11.5 Å². The zero-order chi connectivity index (χ0) is 27.5. The van der Waals surface area contributed by atoms with Crippen LogP contribution < -0.4 is 19.1 Å². The maximum Gasteiger partial charge on any atom is 0.302 e. The minimum absolute atomic E-state index is 0.00492. The normalized spacial score (nSPS) is 16.7. The summed E-state index contributed by atoms with van der Waals surface area (Å²) in [5, 5.41) is 13.2. The maximum absolute atomic E-state index is 13.4. The first-order valence-corrected chi connectivity index (χ1v) is 13.5. The van der Waals surface area contributed by atoms with Gasteiger partial charge in [0.2, 0.25) is 5.95 Å². The zero-order valence-electron chi connectivity index (χ0n) is 21.9. The average molecular weight is 548 g/mol. The Labute approximate surface area is 229 Å². The van der Waals surface area contributed by atoms with E-state index in [4.69, 9.17) is 14.2 Å². The highest BCUT2D eigenvalue weighted by Crippen LogP contribution is 2.43. The van der Waals surface area contributed by atoms with E-state index >= 15 is 0 Å². The lowest BCUT2D eigenvalue weighted by molar-refractivity contribution is -0.132.